The van der Waals surface area contributed by atoms with Crippen molar-refractivity contribution in [1.29, 1.82) is 0 Å². The Hall–Kier alpha value is -3.06. The lowest BCUT2D eigenvalue weighted by Gasteiger charge is -2.42. The molecule has 294 valence electrons. The van der Waals surface area contributed by atoms with Gasteiger partial charge >= 0.3 is 11.9 Å². The molecule has 6 rings (SSSR count). The minimum absolute atomic E-state index is 0.00316. The number of nitrogens with one attached hydrogen (secondary N) is 1. The van der Waals surface area contributed by atoms with E-state index in [1.165, 1.54) is 0 Å². The summed E-state index contributed by atoms with van der Waals surface area (Å²) in [6, 6.07) is 7.29. The van der Waals surface area contributed by atoms with Crippen LogP contribution in [0.5, 0.6) is 0 Å². The zero-order valence-electron chi connectivity index (χ0n) is 31.7. The average molecular weight is 789 g/mol. The Kier molecular flexibility index (Phi) is 12.5. The first kappa shape index (κ1) is 40.6. The van der Waals surface area contributed by atoms with Crippen LogP contribution in [-0.2, 0) is 60.4 Å². The number of carbonyl (C=O) groups is 4. The van der Waals surface area contributed by atoms with Crippen molar-refractivity contribution in [2.75, 3.05) is 39.6 Å². The van der Waals surface area contributed by atoms with Gasteiger partial charge < -0.3 is 33.7 Å². The Morgan fingerprint density at radius 2 is 1.02 bits per heavy atom. The van der Waals surface area contributed by atoms with E-state index in [1.807, 2.05) is 52.0 Å². The number of esters is 2. The van der Waals surface area contributed by atoms with Crippen molar-refractivity contribution in [2.45, 2.75) is 115 Å². The number of hydrogen-bond acceptors (Lipinski definition) is 10. The van der Waals surface area contributed by atoms with Crippen LogP contribution in [0.4, 0.5) is 0 Å². The SMILES string of the molecule is Cc1cc(Cl)cc(C)c1CC(=O)CC1(C(=O)OCCOC(=O)C2(NC(=O)Cc3c(C)cc(Cl)cc3C)CCC3(CC2)OCCO3)CCC2(CC1)OCCO2. The van der Waals surface area contributed by atoms with Crippen molar-refractivity contribution >= 4 is 46.8 Å². The maximum Gasteiger partial charge on any atom is 0.331 e. The number of Topliss-reactive ketones (excluding diaryl/α,β-unsaturated/α-hetero) is 1. The van der Waals surface area contributed by atoms with Crippen LogP contribution in [0.2, 0.25) is 10.0 Å². The molecule has 0 aromatic heterocycles. The van der Waals surface area contributed by atoms with Crippen LogP contribution < -0.4 is 5.32 Å². The molecule has 2 aromatic rings. The van der Waals surface area contributed by atoms with Gasteiger partial charge in [0.2, 0.25) is 5.91 Å². The lowest BCUT2D eigenvalue weighted by Crippen LogP contribution is -2.60. The van der Waals surface area contributed by atoms with Crippen LogP contribution in [-0.4, -0.2) is 80.4 Å². The van der Waals surface area contributed by atoms with E-state index in [9.17, 15) is 19.2 Å². The standard InChI is InChI=1S/C41H51Cl2NO10/c1-26-19-30(42)20-27(2)33(26)23-32(45)25-38(5-9-40(10-6-38)51-15-16-52-40)36(47)49-13-14-50-37(48)39(7-11-41(12-8-39)53-17-18-54-41)44-35(46)24-34-28(3)21-31(43)22-29(34)4/h19-22H,5-18,23-25H2,1-4H3,(H,44,46). The largest absolute Gasteiger partial charge is 0.462 e. The highest BCUT2D eigenvalue weighted by Crippen LogP contribution is 2.48. The number of rotatable bonds is 12. The summed E-state index contributed by atoms with van der Waals surface area (Å²) in [6.45, 7) is 9.12. The molecule has 11 nitrogen and oxygen atoms in total. The van der Waals surface area contributed by atoms with Gasteiger partial charge in [-0.1, -0.05) is 23.2 Å². The van der Waals surface area contributed by atoms with E-state index in [2.05, 4.69) is 5.32 Å². The molecular formula is C41H51Cl2NO10. The van der Waals surface area contributed by atoms with Gasteiger partial charge in [-0.05, 0) is 111 Å². The molecule has 13 heteroatoms. The molecule has 0 radical (unpaired) electrons. The monoisotopic (exact) mass is 787 g/mol. The number of benzene rings is 2. The molecular weight excluding hydrogens is 737 g/mol. The zero-order chi connectivity index (χ0) is 38.7. The highest BCUT2D eigenvalue weighted by atomic mass is 35.5. The number of carbonyl (C=O) groups excluding carboxylic acids is 4. The van der Waals surface area contributed by atoms with E-state index in [4.69, 9.17) is 51.6 Å². The van der Waals surface area contributed by atoms with Gasteiger partial charge in [-0.25, -0.2) is 4.79 Å². The summed E-state index contributed by atoms with van der Waals surface area (Å²) in [5.41, 5.74) is 2.94. The number of ketones is 1. The summed E-state index contributed by atoms with van der Waals surface area (Å²) < 4.78 is 35.2. The molecule has 4 fully saturated rings. The third-order valence-electron chi connectivity index (χ3n) is 11.8. The maximum atomic E-state index is 13.9. The van der Waals surface area contributed by atoms with Crippen molar-refractivity contribution in [1.82, 2.24) is 5.32 Å². The summed E-state index contributed by atoms with van der Waals surface area (Å²) in [5.74, 6) is -3.06. The first-order valence-corrected chi connectivity index (χ1v) is 19.7. The molecule has 2 spiro atoms. The molecule has 2 heterocycles. The number of amides is 1. The third kappa shape index (κ3) is 8.98. The number of ether oxygens (including phenoxy) is 6. The van der Waals surface area contributed by atoms with Gasteiger partial charge in [-0.15, -0.1) is 0 Å². The highest BCUT2D eigenvalue weighted by Gasteiger charge is 2.53. The van der Waals surface area contributed by atoms with E-state index in [0.29, 0.717) is 75.0 Å². The van der Waals surface area contributed by atoms with Crippen molar-refractivity contribution in [3.05, 3.63) is 67.7 Å². The van der Waals surface area contributed by atoms with Crippen LogP contribution in [0, 0.1) is 33.1 Å². The predicted octanol–water partition coefficient (Wildman–Crippen LogP) is 6.53. The Balaban J connectivity index is 1.10. The zero-order valence-corrected chi connectivity index (χ0v) is 33.2. The molecule has 1 N–H and O–H groups in total. The predicted molar refractivity (Wildman–Crippen MR) is 200 cm³/mol. The molecule has 4 aliphatic rings. The number of halogens is 2. The second kappa shape index (κ2) is 16.6. The summed E-state index contributed by atoms with van der Waals surface area (Å²) in [5, 5.41) is 4.21. The van der Waals surface area contributed by atoms with Crippen molar-refractivity contribution in [2.24, 2.45) is 5.41 Å². The summed E-state index contributed by atoms with van der Waals surface area (Å²) in [6.07, 6.45) is 3.14. The van der Waals surface area contributed by atoms with Gasteiger partial charge in [-0.2, -0.15) is 0 Å². The fraction of sp³-hybridized carbons (Fsp3) is 0.610. The van der Waals surface area contributed by atoms with Crippen LogP contribution in [0.25, 0.3) is 0 Å². The van der Waals surface area contributed by atoms with Gasteiger partial charge in [0, 0.05) is 48.6 Å². The summed E-state index contributed by atoms with van der Waals surface area (Å²) in [4.78, 5) is 55.0. The van der Waals surface area contributed by atoms with Crippen molar-refractivity contribution < 1.29 is 47.6 Å². The molecule has 0 bridgehead atoms. The molecule has 2 saturated carbocycles. The lowest BCUT2D eigenvalue weighted by atomic mass is 9.68. The Morgan fingerprint density at radius 3 is 1.48 bits per heavy atom. The molecule has 2 aliphatic carbocycles. The van der Waals surface area contributed by atoms with Crippen LogP contribution in [0.1, 0.15) is 91.2 Å². The van der Waals surface area contributed by atoms with Crippen molar-refractivity contribution in [3.63, 3.8) is 0 Å². The fourth-order valence-electron chi connectivity index (χ4n) is 8.68. The van der Waals surface area contributed by atoms with Gasteiger partial charge in [0.1, 0.15) is 24.5 Å². The minimum atomic E-state index is -1.32. The quantitative estimate of drug-likeness (QED) is 0.187. The molecule has 2 aromatic carbocycles. The van der Waals surface area contributed by atoms with Crippen molar-refractivity contribution in [3.8, 4) is 0 Å². The van der Waals surface area contributed by atoms with Crippen LogP contribution in [0.15, 0.2) is 24.3 Å². The molecule has 2 aliphatic heterocycles. The molecule has 0 atom stereocenters. The van der Waals surface area contributed by atoms with Gasteiger partial charge in [-0.3, -0.25) is 14.4 Å². The Morgan fingerprint density at radius 1 is 0.611 bits per heavy atom. The van der Waals surface area contributed by atoms with E-state index in [0.717, 1.165) is 33.4 Å². The maximum absolute atomic E-state index is 13.9. The number of hydrogen-bond donors (Lipinski definition) is 1. The Labute approximate surface area is 327 Å². The minimum Gasteiger partial charge on any atom is -0.462 e. The normalized spacial score (nSPS) is 22.6. The van der Waals surface area contributed by atoms with E-state index in [1.54, 1.807) is 0 Å². The third-order valence-corrected chi connectivity index (χ3v) is 12.2. The van der Waals surface area contributed by atoms with Crippen LogP contribution >= 0.6 is 23.2 Å². The second-order valence-corrected chi connectivity index (χ2v) is 16.4. The summed E-state index contributed by atoms with van der Waals surface area (Å²) >= 11 is 12.4. The molecule has 1 amide bonds. The second-order valence-electron chi connectivity index (χ2n) is 15.5. The highest BCUT2D eigenvalue weighted by molar-refractivity contribution is 6.31. The average Bonchev–Trinajstić information content (AvgIpc) is 3.78. The smallest absolute Gasteiger partial charge is 0.331 e. The number of aryl methyl sites for hydroxylation is 4. The molecule has 2 saturated heterocycles. The van der Waals surface area contributed by atoms with Gasteiger partial charge in [0.15, 0.2) is 11.6 Å². The lowest BCUT2D eigenvalue weighted by molar-refractivity contribution is -0.201. The topological polar surface area (TPSA) is 136 Å². The van der Waals surface area contributed by atoms with Gasteiger partial charge in [0.05, 0.1) is 38.3 Å². The summed E-state index contributed by atoms with van der Waals surface area (Å²) in [7, 11) is 0. The fourth-order valence-corrected chi connectivity index (χ4v) is 9.33. The first-order valence-electron chi connectivity index (χ1n) is 18.9. The van der Waals surface area contributed by atoms with E-state index < -0.39 is 34.5 Å². The van der Waals surface area contributed by atoms with E-state index >= 15 is 0 Å². The molecule has 54 heavy (non-hydrogen) atoms. The Bertz CT molecular complexity index is 1570. The first-order chi connectivity index (χ1) is 25.7. The van der Waals surface area contributed by atoms with Gasteiger partial charge in [0.25, 0.3) is 0 Å². The van der Waals surface area contributed by atoms with Crippen LogP contribution in [0.3, 0.4) is 0 Å². The van der Waals surface area contributed by atoms with E-state index in [-0.39, 0.29) is 57.0 Å². The molecule has 0 unspecified atom stereocenters.